The smallest absolute Gasteiger partial charge is 0.131 e. The van der Waals surface area contributed by atoms with E-state index in [0.717, 1.165) is 42.4 Å². The van der Waals surface area contributed by atoms with E-state index in [0.29, 0.717) is 6.67 Å². The largest absolute Gasteiger partial charge is 0.353 e. The number of anilines is 4. The highest BCUT2D eigenvalue weighted by atomic mass is 79.9. The standard InChI is InChI=1S/C19H14Br2N4/c20-12-5-1-3-7-14(12)24-16-9-10-17(19-18(16)22-11-23-19)25-15-8-4-2-6-13(15)21/h1-10,24-25H,11H2. The second-order valence-corrected chi connectivity index (χ2v) is 7.23. The molecule has 1 aliphatic rings. The third kappa shape index (κ3) is 3.32. The summed E-state index contributed by atoms with van der Waals surface area (Å²) in [6, 6.07) is 20.1. The molecule has 0 fully saturated rings. The van der Waals surface area contributed by atoms with Gasteiger partial charge in [-0.15, -0.1) is 0 Å². The molecule has 0 atom stereocenters. The highest BCUT2D eigenvalue weighted by molar-refractivity contribution is 9.11. The van der Waals surface area contributed by atoms with Crippen LogP contribution in [0, 0.1) is 0 Å². The van der Waals surface area contributed by atoms with E-state index < -0.39 is 0 Å². The molecule has 124 valence electrons. The Hall–Kier alpha value is -2.18. The number of nitrogens with zero attached hydrogens (tertiary/aromatic N) is 2. The monoisotopic (exact) mass is 456 g/mol. The van der Waals surface area contributed by atoms with Crippen LogP contribution < -0.4 is 21.3 Å². The molecule has 3 aromatic rings. The van der Waals surface area contributed by atoms with Crippen molar-refractivity contribution in [2.24, 2.45) is 9.98 Å². The Morgan fingerprint density at radius 3 is 1.48 bits per heavy atom. The second kappa shape index (κ2) is 6.98. The van der Waals surface area contributed by atoms with Crippen LogP contribution in [0.15, 0.2) is 79.6 Å². The Balaban J connectivity index is 1.72. The highest BCUT2D eigenvalue weighted by Gasteiger charge is 2.11. The van der Waals surface area contributed by atoms with Crippen LogP contribution >= 0.6 is 31.9 Å². The molecule has 1 aliphatic heterocycles. The van der Waals surface area contributed by atoms with Gasteiger partial charge in [0.2, 0.25) is 0 Å². The van der Waals surface area contributed by atoms with E-state index in [1.807, 2.05) is 60.7 Å². The van der Waals surface area contributed by atoms with Gasteiger partial charge in [-0.2, -0.15) is 0 Å². The van der Waals surface area contributed by atoms with Crippen molar-refractivity contribution in [2.45, 2.75) is 0 Å². The number of nitrogens with one attached hydrogen (secondary N) is 2. The molecule has 6 heteroatoms. The van der Waals surface area contributed by atoms with Crippen molar-refractivity contribution in [3.63, 3.8) is 0 Å². The van der Waals surface area contributed by atoms with Crippen molar-refractivity contribution < 1.29 is 0 Å². The maximum Gasteiger partial charge on any atom is 0.131 e. The lowest BCUT2D eigenvalue weighted by Crippen LogP contribution is -2.27. The summed E-state index contributed by atoms with van der Waals surface area (Å²) in [5.74, 6) is 0. The third-order valence-electron chi connectivity index (χ3n) is 3.90. The van der Waals surface area contributed by atoms with Crippen molar-refractivity contribution in [3.8, 4) is 0 Å². The summed E-state index contributed by atoms with van der Waals surface area (Å²) < 4.78 is 2.02. The first-order valence-electron chi connectivity index (χ1n) is 7.77. The van der Waals surface area contributed by atoms with Crippen LogP contribution in [0.3, 0.4) is 0 Å². The third-order valence-corrected chi connectivity index (χ3v) is 5.28. The Morgan fingerprint density at radius 2 is 1.04 bits per heavy atom. The van der Waals surface area contributed by atoms with Gasteiger partial charge in [-0.3, -0.25) is 9.98 Å². The second-order valence-electron chi connectivity index (χ2n) is 5.53. The molecule has 2 N–H and O–H groups in total. The van der Waals surface area contributed by atoms with Crippen LogP contribution in [0.5, 0.6) is 0 Å². The molecule has 0 saturated heterocycles. The molecule has 25 heavy (non-hydrogen) atoms. The first-order chi connectivity index (χ1) is 12.2. The van der Waals surface area contributed by atoms with Crippen molar-refractivity contribution in [1.29, 1.82) is 0 Å². The van der Waals surface area contributed by atoms with Gasteiger partial charge < -0.3 is 10.6 Å². The lowest BCUT2D eigenvalue weighted by molar-refractivity contribution is 1.06. The first-order valence-corrected chi connectivity index (χ1v) is 9.36. The van der Waals surface area contributed by atoms with E-state index in [1.54, 1.807) is 0 Å². The van der Waals surface area contributed by atoms with E-state index in [9.17, 15) is 0 Å². The molecule has 0 radical (unpaired) electrons. The van der Waals surface area contributed by atoms with E-state index in [1.165, 1.54) is 0 Å². The average Bonchev–Trinajstić information content (AvgIpc) is 3.11. The summed E-state index contributed by atoms with van der Waals surface area (Å²) in [5, 5.41) is 8.64. The zero-order valence-electron chi connectivity index (χ0n) is 13.1. The van der Waals surface area contributed by atoms with Gasteiger partial charge in [-0.05, 0) is 68.3 Å². The zero-order chi connectivity index (χ0) is 17.2. The molecule has 0 unspecified atom stereocenters. The molecule has 3 aromatic carbocycles. The minimum atomic E-state index is 0.453. The van der Waals surface area contributed by atoms with Crippen LogP contribution in [0.25, 0.3) is 0 Å². The molecule has 4 nitrogen and oxygen atoms in total. The van der Waals surface area contributed by atoms with Gasteiger partial charge in [0.05, 0.1) is 22.7 Å². The van der Waals surface area contributed by atoms with Crippen LogP contribution in [-0.2, 0) is 0 Å². The van der Waals surface area contributed by atoms with Crippen LogP contribution in [0.2, 0.25) is 0 Å². The highest BCUT2D eigenvalue weighted by Crippen LogP contribution is 2.26. The zero-order valence-corrected chi connectivity index (χ0v) is 16.3. The van der Waals surface area contributed by atoms with Crippen molar-refractivity contribution in [3.05, 3.63) is 80.3 Å². The fourth-order valence-corrected chi connectivity index (χ4v) is 3.46. The van der Waals surface area contributed by atoms with E-state index in [-0.39, 0.29) is 0 Å². The predicted octanol–water partition coefficient (Wildman–Crippen LogP) is 4.91. The minimum absolute atomic E-state index is 0.453. The molecule has 0 spiro atoms. The average molecular weight is 458 g/mol. The number of para-hydroxylation sites is 2. The van der Waals surface area contributed by atoms with Crippen molar-refractivity contribution >= 4 is 54.6 Å². The first kappa shape index (κ1) is 16.3. The number of benzene rings is 3. The number of hydrogen-bond donors (Lipinski definition) is 2. The van der Waals surface area contributed by atoms with Gasteiger partial charge in [0, 0.05) is 8.95 Å². The van der Waals surface area contributed by atoms with Gasteiger partial charge in [0.25, 0.3) is 0 Å². The SMILES string of the molecule is Brc1ccccc1Nc1ccc(Nc2ccccc2Br)c2c1=NCN=2. The number of halogens is 2. The maximum atomic E-state index is 4.55. The molecule has 1 heterocycles. The summed E-state index contributed by atoms with van der Waals surface area (Å²) >= 11 is 7.13. The lowest BCUT2D eigenvalue weighted by Gasteiger charge is -2.12. The summed E-state index contributed by atoms with van der Waals surface area (Å²) in [6.45, 7) is 0.453. The molecule has 0 aromatic heterocycles. The number of fused-ring (bicyclic) bond motifs is 1. The van der Waals surface area contributed by atoms with Gasteiger partial charge in [0.15, 0.2) is 0 Å². The van der Waals surface area contributed by atoms with Gasteiger partial charge >= 0.3 is 0 Å². The van der Waals surface area contributed by atoms with Gasteiger partial charge in [-0.25, -0.2) is 0 Å². The molecular weight excluding hydrogens is 444 g/mol. The Labute approximate surface area is 162 Å². The number of rotatable bonds is 4. The predicted molar refractivity (Wildman–Crippen MR) is 108 cm³/mol. The van der Waals surface area contributed by atoms with Gasteiger partial charge in [0.1, 0.15) is 17.4 Å². The molecule has 0 bridgehead atoms. The topological polar surface area (TPSA) is 48.8 Å². The Kier molecular flexibility index (Phi) is 4.55. The van der Waals surface area contributed by atoms with Crippen LogP contribution in [0.1, 0.15) is 0 Å². The summed E-state index contributed by atoms with van der Waals surface area (Å²) in [4.78, 5) is 9.11. The van der Waals surface area contributed by atoms with Gasteiger partial charge in [-0.1, -0.05) is 24.3 Å². The van der Waals surface area contributed by atoms with E-state index >= 15 is 0 Å². The fraction of sp³-hybridized carbons (Fsp3) is 0.0526. The molecule has 4 rings (SSSR count). The molecule has 0 saturated carbocycles. The summed E-state index contributed by atoms with van der Waals surface area (Å²) in [6.07, 6.45) is 0. The lowest BCUT2D eigenvalue weighted by atomic mass is 10.2. The van der Waals surface area contributed by atoms with Crippen LogP contribution in [0.4, 0.5) is 22.7 Å². The van der Waals surface area contributed by atoms with Crippen molar-refractivity contribution in [2.75, 3.05) is 17.3 Å². The summed E-state index contributed by atoms with van der Waals surface area (Å²) in [7, 11) is 0. The van der Waals surface area contributed by atoms with E-state index in [4.69, 9.17) is 0 Å². The quantitative estimate of drug-likeness (QED) is 0.584. The molecule has 0 amide bonds. The maximum absolute atomic E-state index is 4.55. The molecular formula is C19H14Br2N4. The minimum Gasteiger partial charge on any atom is -0.353 e. The Morgan fingerprint density at radius 1 is 0.600 bits per heavy atom. The van der Waals surface area contributed by atoms with Crippen molar-refractivity contribution in [1.82, 2.24) is 0 Å². The van der Waals surface area contributed by atoms with Crippen LogP contribution in [-0.4, -0.2) is 6.67 Å². The molecule has 0 aliphatic carbocycles. The van der Waals surface area contributed by atoms with E-state index in [2.05, 4.69) is 52.5 Å². The normalized spacial score (nSPS) is 12.1. The summed E-state index contributed by atoms with van der Waals surface area (Å²) in [5.41, 5.74) is 3.89. The fourth-order valence-electron chi connectivity index (χ4n) is 2.69. The number of hydrogen-bond acceptors (Lipinski definition) is 4. The Bertz CT molecular complexity index is 979.